The van der Waals surface area contributed by atoms with Crippen molar-refractivity contribution in [3.63, 3.8) is 0 Å². The summed E-state index contributed by atoms with van der Waals surface area (Å²) >= 11 is 0. The molecule has 0 aromatic heterocycles. The maximum Gasteiger partial charge on any atom is 0.311 e. The molecule has 0 radical (unpaired) electrons. The molecule has 2 heterocycles. The second-order valence-corrected chi connectivity index (χ2v) is 24.4. The molecule has 0 saturated heterocycles. The Morgan fingerprint density at radius 1 is 0.437 bits per heavy atom. The van der Waals surface area contributed by atoms with Gasteiger partial charge in [0, 0.05) is 36.8 Å². The molecule has 8 rings (SSSR count). The number of hydrogen-bond donors (Lipinski definition) is 2. The van der Waals surface area contributed by atoms with Gasteiger partial charge in [0.25, 0.3) is 20.2 Å². The van der Waals surface area contributed by atoms with Crippen LogP contribution in [0.2, 0.25) is 0 Å². The van der Waals surface area contributed by atoms with E-state index in [1.807, 2.05) is 24.3 Å². The number of benzene rings is 6. The third-order valence-electron chi connectivity index (χ3n) is 16.1. The van der Waals surface area contributed by atoms with Gasteiger partial charge in [0.15, 0.2) is 46.0 Å². The van der Waals surface area contributed by atoms with Crippen molar-refractivity contribution in [1.82, 2.24) is 0 Å². The van der Waals surface area contributed by atoms with Crippen LogP contribution in [0.25, 0.3) is 0 Å². The quantitative estimate of drug-likeness (QED) is 0.0222. The van der Waals surface area contributed by atoms with Crippen LogP contribution in [0.1, 0.15) is 77.6 Å². The van der Waals surface area contributed by atoms with Gasteiger partial charge in [0.1, 0.15) is 12.1 Å². The highest BCUT2D eigenvalue weighted by Gasteiger charge is 2.42. The molecule has 0 aliphatic carbocycles. The summed E-state index contributed by atoms with van der Waals surface area (Å²) in [7, 11) is 9.61. The van der Waals surface area contributed by atoms with E-state index in [1.165, 1.54) is 46.5 Å². The van der Waals surface area contributed by atoms with E-state index in [4.69, 9.17) is 56.5 Å². The second-order valence-electron chi connectivity index (χ2n) is 21.6. The Labute approximate surface area is 512 Å². The molecule has 0 fully saturated rings. The summed E-state index contributed by atoms with van der Waals surface area (Å²) < 4.78 is 116. The van der Waals surface area contributed by atoms with Gasteiger partial charge in [-0.1, -0.05) is 48.5 Å². The molecular weight excluding hydrogens is 1160 g/mol. The molecule has 0 amide bonds. The van der Waals surface area contributed by atoms with Crippen LogP contribution in [0, 0.1) is 0 Å². The van der Waals surface area contributed by atoms with E-state index >= 15 is 0 Å². The number of likely N-dealkylation sites (N-methyl/N-ethyl adjacent to an activating group) is 2. The van der Waals surface area contributed by atoms with E-state index in [0.717, 1.165) is 56.3 Å². The molecule has 20 nitrogen and oxygen atoms in total. The first-order valence-electron chi connectivity index (χ1n) is 28.5. The standard InChI is InChI=1S/C53H72N2O12.2C6H6O3S/c1-54(22-18-38-32-48(62-7)50(64-9)34-40(38)42(54)28-36-14-16-44(58-3)46(30-36)60-5)24-20-52(56)66-26-12-11-13-27-67-53(57)21-25-55(2)23-19-39-33-49(63-8)51(65-10)35-41(39)43(55)29-37-15-17-45(59-4)47(31-37)61-6;2*7-10(8,9)6-4-2-1-3-5-6/h14-17,30-35,42-43H,11-13,18-29H2,1-10H3;2*1-5H,(H,7,8,9)/q+2;;. The predicted octanol–water partition coefficient (Wildman–Crippen LogP) is 9.93. The highest BCUT2D eigenvalue weighted by Crippen LogP contribution is 2.45. The normalized spacial score (nSPS) is 17.7. The van der Waals surface area contributed by atoms with Crippen molar-refractivity contribution >= 4 is 32.2 Å². The zero-order valence-corrected chi connectivity index (χ0v) is 53.1. The van der Waals surface area contributed by atoms with Gasteiger partial charge in [-0.05, 0) is 114 Å². The maximum absolute atomic E-state index is 13.2. The molecule has 6 aromatic rings. The molecule has 2 aliphatic heterocycles. The van der Waals surface area contributed by atoms with Gasteiger partial charge in [0.2, 0.25) is 0 Å². The molecule has 0 spiro atoms. The number of hydrogen-bond acceptors (Lipinski definition) is 16. The molecule has 0 saturated carbocycles. The van der Waals surface area contributed by atoms with Crippen LogP contribution in [0.15, 0.2) is 131 Å². The number of quaternary nitrogens is 2. The molecule has 0 bridgehead atoms. The van der Waals surface area contributed by atoms with Crippen molar-refractivity contribution in [1.29, 1.82) is 0 Å². The van der Waals surface area contributed by atoms with Crippen molar-refractivity contribution in [3.05, 3.63) is 155 Å². The fourth-order valence-electron chi connectivity index (χ4n) is 11.1. The number of methoxy groups -OCH3 is 8. The lowest BCUT2D eigenvalue weighted by molar-refractivity contribution is -0.940. The third kappa shape index (κ3) is 18.7. The predicted molar refractivity (Wildman–Crippen MR) is 328 cm³/mol. The number of rotatable bonds is 26. The Morgan fingerprint density at radius 3 is 1.07 bits per heavy atom. The van der Waals surface area contributed by atoms with Gasteiger partial charge in [-0.2, -0.15) is 16.8 Å². The summed E-state index contributed by atoms with van der Waals surface area (Å²) in [4.78, 5) is 26.3. The average Bonchev–Trinajstić information content (AvgIpc) is 1.78. The van der Waals surface area contributed by atoms with Crippen molar-refractivity contribution in [2.75, 3.05) is 110 Å². The van der Waals surface area contributed by atoms with Gasteiger partial charge in [-0.15, -0.1) is 0 Å². The second kappa shape index (κ2) is 31.9. The first-order valence-corrected chi connectivity index (χ1v) is 31.4. The Kier molecular flexibility index (Phi) is 25.1. The first-order chi connectivity index (χ1) is 41.6. The van der Waals surface area contributed by atoms with Crippen molar-refractivity contribution in [2.24, 2.45) is 0 Å². The monoisotopic (exact) mass is 1240 g/mol. The van der Waals surface area contributed by atoms with Gasteiger partial charge >= 0.3 is 11.9 Å². The first kappa shape index (κ1) is 68.5. The van der Waals surface area contributed by atoms with Gasteiger partial charge in [0.05, 0.1) is 133 Å². The van der Waals surface area contributed by atoms with Crippen molar-refractivity contribution in [2.45, 2.75) is 79.7 Å². The van der Waals surface area contributed by atoms with E-state index < -0.39 is 20.2 Å². The van der Waals surface area contributed by atoms with E-state index in [-0.39, 0.29) is 33.8 Å². The number of carbonyl (C=O) groups excluding carboxylic acids is 2. The summed E-state index contributed by atoms with van der Waals surface area (Å²) in [6.45, 7) is 3.57. The van der Waals surface area contributed by atoms with E-state index in [0.29, 0.717) is 107 Å². The van der Waals surface area contributed by atoms with Crippen LogP contribution in [0.4, 0.5) is 0 Å². The van der Waals surface area contributed by atoms with Crippen LogP contribution in [0.3, 0.4) is 0 Å². The molecule has 22 heteroatoms. The Morgan fingerprint density at radius 2 is 0.759 bits per heavy atom. The summed E-state index contributed by atoms with van der Waals surface area (Å²) in [5, 5.41) is 0. The van der Waals surface area contributed by atoms with Gasteiger partial charge in [-0.3, -0.25) is 18.7 Å². The molecule has 4 atom stereocenters. The molecule has 2 aliphatic rings. The molecule has 6 aromatic carbocycles. The number of ether oxygens (including phenoxy) is 10. The molecular formula is C65H84N2O18S2+2. The zero-order chi connectivity index (χ0) is 63.4. The minimum Gasteiger partial charge on any atom is -0.493 e. The van der Waals surface area contributed by atoms with Crippen LogP contribution < -0.4 is 37.9 Å². The number of unbranched alkanes of at least 4 members (excludes halogenated alkanes) is 2. The minimum atomic E-state index is -4.00. The average molecular weight is 1250 g/mol. The molecule has 2 N–H and O–H groups in total. The molecule has 472 valence electrons. The maximum atomic E-state index is 13.2. The summed E-state index contributed by atoms with van der Waals surface area (Å²) in [6.07, 6.45) is 5.85. The van der Waals surface area contributed by atoms with Crippen LogP contribution in [-0.2, 0) is 65.0 Å². The summed E-state index contributed by atoms with van der Waals surface area (Å²) in [5.74, 6) is 5.06. The number of fused-ring (bicyclic) bond motifs is 2. The minimum absolute atomic E-state index is 0.0393. The lowest BCUT2D eigenvalue weighted by Crippen LogP contribution is -2.53. The fraction of sp³-hybridized carbons (Fsp3) is 0.415. The van der Waals surface area contributed by atoms with E-state index in [1.54, 1.807) is 93.3 Å². The molecule has 87 heavy (non-hydrogen) atoms. The Hall–Kier alpha value is -7.60. The summed E-state index contributed by atoms with van der Waals surface area (Å²) in [5.41, 5.74) is 7.00. The number of carbonyl (C=O) groups is 2. The highest BCUT2D eigenvalue weighted by atomic mass is 32.2. The highest BCUT2D eigenvalue weighted by molar-refractivity contribution is 7.86. The van der Waals surface area contributed by atoms with Crippen LogP contribution in [0.5, 0.6) is 46.0 Å². The molecule has 4 unspecified atom stereocenters. The summed E-state index contributed by atoms with van der Waals surface area (Å²) in [6, 6.07) is 35.3. The van der Waals surface area contributed by atoms with Gasteiger partial charge < -0.3 is 56.3 Å². The third-order valence-corrected chi connectivity index (χ3v) is 17.8. The lowest BCUT2D eigenvalue weighted by Gasteiger charge is -2.46. The lowest BCUT2D eigenvalue weighted by atomic mass is 9.86. The van der Waals surface area contributed by atoms with Crippen LogP contribution in [-0.4, -0.2) is 157 Å². The van der Waals surface area contributed by atoms with E-state index in [2.05, 4.69) is 50.5 Å². The number of esters is 2. The van der Waals surface area contributed by atoms with Gasteiger partial charge in [-0.25, -0.2) is 0 Å². The number of nitrogens with zero attached hydrogens (tertiary/aromatic N) is 2. The largest absolute Gasteiger partial charge is 0.493 e. The Bertz CT molecular complexity index is 3230. The van der Waals surface area contributed by atoms with Crippen molar-refractivity contribution in [3.8, 4) is 46.0 Å². The SMILES string of the molecule is COc1ccc(CC2c3cc(OC)c(OC)cc3CC[N+]2(C)CCC(=O)OCCCCCOC(=O)CC[N+]2(C)CCc3cc(OC)c(OC)cc3C2Cc2ccc(OC)c(OC)c2)cc1OC.O=S(=O)(O)c1ccccc1.O=S(=O)(O)c1ccccc1. The van der Waals surface area contributed by atoms with E-state index in [9.17, 15) is 26.4 Å². The van der Waals surface area contributed by atoms with Crippen LogP contribution >= 0.6 is 0 Å². The Balaban J connectivity index is 0.000000507. The fourth-order valence-corrected chi connectivity index (χ4v) is 12.1. The zero-order valence-electron chi connectivity index (χ0n) is 51.4. The van der Waals surface area contributed by atoms with Crippen molar-refractivity contribution < 1.29 is 91.9 Å². The topological polar surface area (TPSA) is 235 Å². The smallest absolute Gasteiger partial charge is 0.311 e.